The van der Waals surface area contributed by atoms with E-state index < -0.39 is 4.92 Å². The molecule has 1 saturated heterocycles. The van der Waals surface area contributed by atoms with Crippen LogP contribution in [0.15, 0.2) is 42.5 Å². The molecule has 2 aromatic carbocycles. The number of phenols is 1. The molecule has 2 aromatic rings. The maximum Gasteiger partial charge on any atom is 0.270 e. The summed E-state index contributed by atoms with van der Waals surface area (Å²) >= 11 is 0. The number of piperazine rings is 1. The summed E-state index contributed by atoms with van der Waals surface area (Å²) in [6, 6.07) is 13.7. The van der Waals surface area contributed by atoms with Crippen LogP contribution in [0, 0.1) is 21.4 Å². The van der Waals surface area contributed by atoms with E-state index in [4.69, 9.17) is 0 Å². The molecule has 1 aliphatic heterocycles. The highest BCUT2D eigenvalue weighted by Gasteiger charge is 2.21. The first-order valence-electron chi connectivity index (χ1n) is 8.00. The quantitative estimate of drug-likeness (QED) is 0.680. The van der Waals surface area contributed by atoms with E-state index in [0.717, 1.165) is 44.0 Å². The van der Waals surface area contributed by atoms with Gasteiger partial charge in [0, 0.05) is 44.9 Å². The number of nitro groups is 1. The van der Waals surface area contributed by atoms with Crippen LogP contribution >= 0.6 is 0 Å². The number of nitro benzene ring substituents is 1. The van der Waals surface area contributed by atoms with Crippen LogP contribution in [0.2, 0.25) is 0 Å². The summed E-state index contributed by atoms with van der Waals surface area (Å²) in [5.41, 5.74) is 2.06. The minimum Gasteiger partial charge on any atom is -0.508 e. The van der Waals surface area contributed by atoms with Gasteiger partial charge in [-0.3, -0.25) is 15.0 Å². The number of nitriles is 1. The molecular weight excluding hydrogens is 320 g/mol. The summed E-state index contributed by atoms with van der Waals surface area (Å²) in [4.78, 5) is 14.7. The summed E-state index contributed by atoms with van der Waals surface area (Å²) in [5, 5.41) is 29.7. The van der Waals surface area contributed by atoms with Crippen LogP contribution in [-0.4, -0.2) is 41.1 Å². The van der Waals surface area contributed by atoms with E-state index in [9.17, 15) is 20.5 Å². The molecule has 0 aliphatic carbocycles. The normalized spacial score (nSPS) is 14.9. The molecule has 7 nitrogen and oxygen atoms in total. The van der Waals surface area contributed by atoms with Crippen LogP contribution in [0.25, 0.3) is 0 Å². The Labute approximate surface area is 145 Å². The highest BCUT2D eigenvalue weighted by Crippen LogP contribution is 2.26. The van der Waals surface area contributed by atoms with Crippen molar-refractivity contribution in [2.45, 2.75) is 6.54 Å². The second-order valence-corrected chi connectivity index (χ2v) is 6.00. The van der Waals surface area contributed by atoms with Gasteiger partial charge in [0.25, 0.3) is 5.69 Å². The monoisotopic (exact) mass is 338 g/mol. The van der Waals surface area contributed by atoms with Gasteiger partial charge >= 0.3 is 0 Å². The van der Waals surface area contributed by atoms with Crippen LogP contribution in [-0.2, 0) is 6.54 Å². The zero-order chi connectivity index (χ0) is 17.8. The van der Waals surface area contributed by atoms with Gasteiger partial charge in [-0.1, -0.05) is 12.1 Å². The van der Waals surface area contributed by atoms with Crippen molar-refractivity contribution in [3.63, 3.8) is 0 Å². The van der Waals surface area contributed by atoms with E-state index in [0.29, 0.717) is 5.56 Å². The summed E-state index contributed by atoms with van der Waals surface area (Å²) in [5.74, 6) is 0.265. The summed E-state index contributed by atoms with van der Waals surface area (Å²) in [6.07, 6.45) is 0. The van der Waals surface area contributed by atoms with E-state index in [1.807, 2.05) is 12.1 Å². The van der Waals surface area contributed by atoms with Crippen molar-refractivity contribution >= 4 is 11.4 Å². The zero-order valence-electron chi connectivity index (χ0n) is 13.6. The number of hydrogen-bond acceptors (Lipinski definition) is 6. The molecule has 0 unspecified atom stereocenters. The summed E-state index contributed by atoms with van der Waals surface area (Å²) < 4.78 is 0. The number of phenolic OH excluding ortho intramolecular Hbond substituents is 1. The van der Waals surface area contributed by atoms with Crippen molar-refractivity contribution in [2.24, 2.45) is 0 Å². The van der Waals surface area contributed by atoms with Crippen molar-refractivity contribution in [1.82, 2.24) is 4.90 Å². The van der Waals surface area contributed by atoms with Crippen LogP contribution in [0.4, 0.5) is 11.4 Å². The number of nitrogens with zero attached hydrogens (tertiary/aromatic N) is 4. The van der Waals surface area contributed by atoms with E-state index in [2.05, 4.69) is 15.9 Å². The third kappa shape index (κ3) is 3.87. The molecule has 0 aromatic heterocycles. The largest absolute Gasteiger partial charge is 0.508 e. The molecule has 0 bridgehead atoms. The van der Waals surface area contributed by atoms with Crippen molar-refractivity contribution < 1.29 is 10.0 Å². The van der Waals surface area contributed by atoms with Crippen LogP contribution in [0.5, 0.6) is 5.75 Å². The first-order chi connectivity index (χ1) is 12.1. The van der Waals surface area contributed by atoms with E-state index in [-0.39, 0.29) is 11.4 Å². The number of benzene rings is 2. The number of rotatable bonds is 4. The van der Waals surface area contributed by atoms with Crippen LogP contribution in [0.3, 0.4) is 0 Å². The fourth-order valence-electron chi connectivity index (χ4n) is 3.06. The highest BCUT2D eigenvalue weighted by molar-refractivity contribution is 5.63. The predicted octanol–water partition coefficient (Wildman–Crippen LogP) is 2.49. The molecule has 1 N–H and O–H groups in total. The summed E-state index contributed by atoms with van der Waals surface area (Å²) in [7, 11) is 0. The average molecular weight is 338 g/mol. The standard InChI is InChI=1S/C18H18N4O3/c19-12-15-11-16(22(24)25)4-5-18(15)21-8-6-20(7-9-21)13-14-2-1-3-17(23)10-14/h1-5,10-11,23H,6-9,13H2. The van der Waals surface area contributed by atoms with Gasteiger partial charge in [0.05, 0.1) is 16.2 Å². The van der Waals surface area contributed by atoms with Gasteiger partial charge in [0.1, 0.15) is 11.8 Å². The van der Waals surface area contributed by atoms with Crippen molar-refractivity contribution in [3.8, 4) is 11.8 Å². The minimum atomic E-state index is -0.488. The number of non-ortho nitro benzene ring substituents is 1. The van der Waals surface area contributed by atoms with Crippen LogP contribution < -0.4 is 4.90 Å². The molecule has 0 radical (unpaired) electrons. The Balaban J connectivity index is 1.66. The molecule has 128 valence electrons. The lowest BCUT2D eigenvalue weighted by molar-refractivity contribution is -0.384. The van der Waals surface area contributed by atoms with Gasteiger partial charge in [-0.05, 0) is 23.8 Å². The zero-order valence-corrected chi connectivity index (χ0v) is 13.6. The maximum atomic E-state index is 10.9. The molecule has 1 aliphatic rings. The van der Waals surface area contributed by atoms with Gasteiger partial charge < -0.3 is 10.0 Å². The van der Waals surface area contributed by atoms with Crippen LogP contribution in [0.1, 0.15) is 11.1 Å². The molecule has 3 rings (SSSR count). The summed E-state index contributed by atoms with van der Waals surface area (Å²) in [6.45, 7) is 3.87. The van der Waals surface area contributed by atoms with Gasteiger partial charge in [-0.2, -0.15) is 5.26 Å². The van der Waals surface area contributed by atoms with Gasteiger partial charge in [-0.15, -0.1) is 0 Å². The predicted molar refractivity (Wildman–Crippen MR) is 93.4 cm³/mol. The third-order valence-electron chi connectivity index (χ3n) is 4.34. The van der Waals surface area contributed by atoms with Crippen molar-refractivity contribution in [1.29, 1.82) is 5.26 Å². The first-order valence-corrected chi connectivity index (χ1v) is 8.00. The second kappa shape index (κ2) is 7.20. The van der Waals surface area contributed by atoms with Gasteiger partial charge in [0.15, 0.2) is 0 Å². The topological polar surface area (TPSA) is 93.6 Å². The Kier molecular flexibility index (Phi) is 4.82. The number of aromatic hydroxyl groups is 1. The Bertz CT molecular complexity index is 823. The van der Waals surface area contributed by atoms with E-state index in [1.54, 1.807) is 18.2 Å². The molecule has 0 atom stereocenters. The van der Waals surface area contributed by atoms with Gasteiger partial charge in [-0.25, -0.2) is 0 Å². The Morgan fingerprint density at radius 2 is 1.92 bits per heavy atom. The van der Waals surface area contributed by atoms with E-state index in [1.165, 1.54) is 12.1 Å². The first kappa shape index (κ1) is 16.7. The van der Waals surface area contributed by atoms with Crippen molar-refractivity contribution in [3.05, 3.63) is 63.7 Å². The smallest absolute Gasteiger partial charge is 0.270 e. The lowest BCUT2D eigenvalue weighted by Crippen LogP contribution is -2.46. The highest BCUT2D eigenvalue weighted by atomic mass is 16.6. The molecule has 1 heterocycles. The third-order valence-corrected chi connectivity index (χ3v) is 4.34. The molecule has 0 amide bonds. The minimum absolute atomic E-state index is 0.0668. The second-order valence-electron chi connectivity index (χ2n) is 6.00. The number of hydrogen-bond donors (Lipinski definition) is 1. The average Bonchev–Trinajstić information content (AvgIpc) is 2.62. The Morgan fingerprint density at radius 3 is 2.56 bits per heavy atom. The molecule has 0 spiro atoms. The maximum absolute atomic E-state index is 10.9. The molecular formula is C18H18N4O3. The Hall–Kier alpha value is -3.11. The molecule has 0 saturated carbocycles. The molecule has 25 heavy (non-hydrogen) atoms. The fraction of sp³-hybridized carbons (Fsp3) is 0.278. The lowest BCUT2D eigenvalue weighted by Gasteiger charge is -2.36. The lowest BCUT2D eigenvalue weighted by atomic mass is 10.1. The SMILES string of the molecule is N#Cc1cc([N+](=O)[O-])ccc1N1CCN(Cc2cccc(O)c2)CC1. The fourth-order valence-corrected chi connectivity index (χ4v) is 3.06. The Morgan fingerprint density at radius 1 is 1.16 bits per heavy atom. The molecule has 7 heteroatoms. The number of anilines is 1. The molecule has 1 fully saturated rings. The van der Waals surface area contributed by atoms with Crippen molar-refractivity contribution in [2.75, 3.05) is 31.1 Å². The van der Waals surface area contributed by atoms with Gasteiger partial charge in [0.2, 0.25) is 0 Å². The van der Waals surface area contributed by atoms with E-state index >= 15 is 0 Å².